The molecule has 0 bridgehead atoms. The standard InChI is InChI=1S/C17H20N2O2S/c1-11-16(22-12(2)18-11)17(20)19(14-8-9-14)10-13-6-4-5-7-15(13)21-3/h4-7,14H,8-10H2,1-3H3. The highest BCUT2D eigenvalue weighted by molar-refractivity contribution is 7.13. The minimum absolute atomic E-state index is 0.0940. The van der Waals surface area contributed by atoms with Gasteiger partial charge in [0.1, 0.15) is 10.6 Å². The van der Waals surface area contributed by atoms with Crippen molar-refractivity contribution in [3.05, 3.63) is 45.4 Å². The Morgan fingerprint density at radius 3 is 2.68 bits per heavy atom. The number of para-hydroxylation sites is 1. The zero-order valence-electron chi connectivity index (χ0n) is 13.1. The second-order valence-corrected chi connectivity index (χ2v) is 6.83. The van der Waals surface area contributed by atoms with Crippen LogP contribution in [0.25, 0.3) is 0 Å². The average Bonchev–Trinajstić information content (AvgIpc) is 3.29. The molecule has 22 heavy (non-hydrogen) atoms. The lowest BCUT2D eigenvalue weighted by molar-refractivity contribution is 0.0733. The van der Waals surface area contributed by atoms with Crippen LogP contribution in [0.15, 0.2) is 24.3 Å². The molecule has 5 heteroatoms. The SMILES string of the molecule is COc1ccccc1CN(C(=O)c1sc(C)nc1C)C1CC1. The van der Waals surface area contributed by atoms with E-state index in [1.54, 1.807) is 7.11 Å². The molecule has 3 rings (SSSR count). The number of carbonyl (C=O) groups excluding carboxylic acids is 1. The summed E-state index contributed by atoms with van der Waals surface area (Å²) in [5.74, 6) is 0.926. The van der Waals surface area contributed by atoms with E-state index in [1.165, 1.54) is 11.3 Å². The van der Waals surface area contributed by atoms with E-state index in [1.807, 2.05) is 43.0 Å². The summed E-state index contributed by atoms with van der Waals surface area (Å²) in [6, 6.07) is 8.23. The van der Waals surface area contributed by atoms with E-state index < -0.39 is 0 Å². The molecule has 1 aliphatic rings. The first-order valence-electron chi connectivity index (χ1n) is 7.47. The summed E-state index contributed by atoms with van der Waals surface area (Å²) < 4.78 is 5.41. The highest BCUT2D eigenvalue weighted by atomic mass is 32.1. The van der Waals surface area contributed by atoms with E-state index in [-0.39, 0.29) is 5.91 Å². The maximum Gasteiger partial charge on any atom is 0.266 e. The Bertz CT molecular complexity index is 692. The number of amides is 1. The van der Waals surface area contributed by atoms with Gasteiger partial charge in [0, 0.05) is 18.2 Å². The van der Waals surface area contributed by atoms with Crippen molar-refractivity contribution < 1.29 is 9.53 Å². The number of nitrogens with zero attached hydrogens (tertiary/aromatic N) is 2. The van der Waals surface area contributed by atoms with Crippen LogP contribution in [-0.4, -0.2) is 28.9 Å². The third-order valence-corrected chi connectivity index (χ3v) is 4.94. The predicted molar refractivity (Wildman–Crippen MR) is 87.5 cm³/mol. The van der Waals surface area contributed by atoms with Gasteiger partial charge in [0.15, 0.2) is 0 Å². The fourth-order valence-corrected chi connectivity index (χ4v) is 3.51. The molecule has 1 fully saturated rings. The van der Waals surface area contributed by atoms with Gasteiger partial charge in [0.25, 0.3) is 5.91 Å². The predicted octanol–water partition coefficient (Wildman–Crippen LogP) is 3.57. The summed E-state index contributed by atoms with van der Waals surface area (Å²) in [6.07, 6.45) is 2.16. The lowest BCUT2D eigenvalue weighted by atomic mass is 10.1. The minimum atomic E-state index is 0.0940. The van der Waals surface area contributed by atoms with E-state index >= 15 is 0 Å². The normalized spacial score (nSPS) is 14.0. The summed E-state index contributed by atoms with van der Waals surface area (Å²) in [5.41, 5.74) is 1.88. The minimum Gasteiger partial charge on any atom is -0.496 e. The van der Waals surface area contributed by atoms with E-state index in [4.69, 9.17) is 4.74 Å². The van der Waals surface area contributed by atoms with Crippen LogP contribution in [0.3, 0.4) is 0 Å². The lowest BCUT2D eigenvalue weighted by Crippen LogP contribution is -2.32. The molecule has 0 atom stereocenters. The van der Waals surface area contributed by atoms with Crippen molar-refractivity contribution in [2.45, 2.75) is 39.3 Å². The number of hydrogen-bond donors (Lipinski definition) is 0. The lowest BCUT2D eigenvalue weighted by Gasteiger charge is -2.23. The molecule has 0 aliphatic heterocycles. The molecule has 0 unspecified atom stereocenters. The Labute approximate surface area is 134 Å². The molecule has 0 spiro atoms. The number of ether oxygens (including phenoxy) is 1. The van der Waals surface area contributed by atoms with Crippen LogP contribution in [0.1, 0.15) is 38.8 Å². The van der Waals surface area contributed by atoms with E-state index in [9.17, 15) is 4.79 Å². The molecule has 2 aromatic rings. The summed E-state index contributed by atoms with van der Waals surface area (Å²) in [7, 11) is 1.67. The fourth-order valence-electron chi connectivity index (χ4n) is 2.63. The quantitative estimate of drug-likeness (QED) is 0.847. The van der Waals surface area contributed by atoms with Crippen molar-refractivity contribution in [2.24, 2.45) is 0 Å². The van der Waals surface area contributed by atoms with Gasteiger partial charge in [-0.05, 0) is 32.8 Å². The number of rotatable bonds is 5. The first-order valence-corrected chi connectivity index (χ1v) is 8.28. The van der Waals surface area contributed by atoms with Gasteiger partial charge >= 0.3 is 0 Å². The molecule has 0 radical (unpaired) electrons. The molecule has 0 saturated heterocycles. The van der Waals surface area contributed by atoms with Crippen LogP contribution in [0.2, 0.25) is 0 Å². The van der Waals surface area contributed by atoms with Crippen LogP contribution >= 0.6 is 11.3 Å². The maximum absolute atomic E-state index is 12.9. The maximum atomic E-state index is 12.9. The Hall–Kier alpha value is -1.88. The van der Waals surface area contributed by atoms with Gasteiger partial charge in [0.2, 0.25) is 0 Å². The van der Waals surface area contributed by atoms with Crippen LogP contribution in [0.5, 0.6) is 5.75 Å². The number of carbonyl (C=O) groups is 1. The Morgan fingerprint density at radius 2 is 2.09 bits per heavy atom. The largest absolute Gasteiger partial charge is 0.496 e. The van der Waals surface area contributed by atoms with Crippen molar-refractivity contribution in [1.82, 2.24) is 9.88 Å². The van der Waals surface area contributed by atoms with Crippen LogP contribution in [0, 0.1) is 13.8 Å². The second-order valence-electron chi connectivity index (χ2n) is 5.62. The average molecular weight is 316 g/mol. The van der Waals surface area contributed by atoms with E-state index in [0.717, 1.165) is 39.7 Å². The molecule has 1 heterocycles. The van der Waals surface area contributed by atoms with Crippen LogP contribution < -0.4 is 4.74 Å². The number of hydrogen-bond acceptors (Lipinski definition) is 4. The summed E-state index contributed by atoms with van der Waals surface area (Å²) >= 11 is 1.48. The summed E-state index contributed by atoms with van der Waals surface area (Å²) in [5, 5.41) is 0.939. The van der Waals surface area contributed by atoms with Crippen LogP contribution in [0.4, 0.5) is 0 Å². The van der Waals surface area contributed by atoms with Gasteiger partial charge in [-0.25, -0.2) is 4.98 Å². The number of aromatic nitrogens is 1. The second kappa shape index (κ2) is 6.08. The molecule has 4 nitrogen and oxygen atoms in total. The first-order chi connectivity index (χ1) is 10.6. The van der Waals surface area contributed by atoms with E-state index in [0.29, 0.717) is 12.6 Å². The van der Waals surface area contributed by atoms with Crippen molar-refractivity contribution in [3.8, 4) is 5.75 Å². The molecule has 1 aliphatic carbocycles. The van der Waals surface area contributed by atoms with Gasteiger partial charge in [-0.3, -0.25) is 4.79 Å². The van der Waals surface area contributed by atoms with Gasteiger partial charge in [0.05, 0.1) is 17.8 Å². The van der Waals surface area contributed by atoms with Crippen molar-refractivity contribution >= 4 is 17.2 Å². The summed E-state index contributed by atoms with van der Waals surface area (Å²) in [6.45, 7) is 4.44. The third kappa shape index (κ3) is 2.99. The molecule has 0 N–H and O–H groups in total. The monoisotopic (exact) mass is 316 g/mol. The number of benzene rings is 1. The highest BCUT2D eigenvalue weighted by Gasteiger charge is 2.34. The van der Waals surface area contributed by atoms with Gasteiger partial charge < -0.3 is 9.64 Å². The molecule has 116 valence electrons. The Balaban J connectivity index is 1.87. The fraction of sp³-hybridized carbons (Fsp3) is 0.412. The number of thiazole rings is 1. The zero-order valence-corrected chi connectivity index (χ0v) is 13.9. The first kappa shape index (κ1) is 15.0. The molecule has 1 amide bonds. The van der Waals surface area contributed by atoms with Crippen molar-refractivity contribution in [3.63, 3.8) is 0 Å². The molecule has 1 aromatic heterocycles. The molecule has 1 saturated carbocycles. The molecular weight excluding hydrogens is 296 g/mol. The van der Waals surface area contributed by atoms with Gasteiger partial charge in [-0.1, -0.05) is 18.2 Å². The third-order valence-electron chi connectivity index (χ3n) is 3.88. The van der Waals surface area contributed by atoms with Crippen LogP contribution in [-0.2, 0) is 6.54 Å². The number of aryl methyl sites for hydroxylation is 2. The number of methoxy groups -OCH3 is 1. The smallest absolute Gasteiger partial charge is 0.266 e. The molecule has 1 aromatic carbocycles. The topological polar surface area (TPSA) is 42.4 Å². The van der Waals surface area contributed by atoms with E-state index in [2.05, 4.69) is 4.98 Å². The Morgan fingerprint density at radius 1 is 1.36 bits per heavy atom. The van der Waals surface area contributed by atoms with Crippen molar-refractivity contribution in [1.29, 1.82) is 0 Å². The Kier molecular flexibility index (Phi) is 4.16. The van der Waals surface area contributed by atoms with Gasteiger partial charge in [-0.15, -0.1) is 11.3 Å². The highest BCUT2D eigenvalue weighted by Crippen LogP contribution is 2.33. The summed E-state index contributed by atoms with van der Waals surface area (Å²) in [4.78, 5) is 20.0. The zero-order chi connectivity index (χ0) is 15.7. The molecular formula is C17H20N2O2S. The van der Waals surface area contributed by atoms with Gasteiger partial charge in [-0.2, -0.15) is 0 Å². The van der Waals surface area contributed by atoms with Crippen molar-refractivity contribution in [2.75, 3.05) is 7.11 Å².